The molecule has 0 saturated carbocycles. The second-order valence-corrected chi connectivity index (χ2v) is 6.16. The number of nitrogens with two attached hydrogens (primary N) is 1. The Labute approximate surface area is 131 Å². The molecule has 104 valence electrons. The molecule has 2 rings (SSSR count). The van der Waals surface area contributed by atoms with Gasteiger partial charge < -0.3 is 11.1 Å². The number of anilines is 1. The van der Waals surface area contributed by atoms with E-state index < -0.39 is 0 Å². The summed E-state index contributed by atoms with van der Waals surface area (Å²) in [6, 6.07) is 15.4. The normalized spacial score (nSPS) is 10.3. The van der Waals surface area contributed by atoms with Gasteiger partial charge in [-0.2, -0.15) is 0 Å². The summed E-state index contributed by atoms with van der Waals surface area (Å²) >= 11 is 4.86. The van der Waals surface area contributed by atoms with E-state index in [4.69, 9.17) is 5.73 Å². The Bertz CT molecular complexity index is 587. The molecular formula is C15H15BrN2OS. The number of carbonyl (C=O) groups is 1. The lowest BCUT2D eigenvalue weighted by atomic mass is 10.2. The van der Waals surface area contributed by atoms with Gasteiger partial charge in [0.2, 0.25) is 5.91 Å². The number of hydrogen-bond acceptors (Lipinski definition) is 3. The van der Waals surface area contributed by atoms with E-state index in [9.17, 15) is 4.79 Å². The molecule has 0 radical (unpaired) electrons. The predicted molar refractivity (Wildman–Crippen MR) is 87.8 cm³/mol. The lowest BCUT2D eigenvalue weighted by molar-refractivity contribution is -0.113. The fourth-order valence-electron chi connectivity index (χ4n) is 1.64. The topological polar surface area (TPSA) is 55.1 Å². The number of hydrogen-bond donors (Lipinski definition) is 2. The summed E-state index contributed by atoms with van der Waals surface area (Å²) in [7, 11) is 0. The van der Waals surface area contributed by atoms with Gasteiger partial charge in [0, 0.05) is 21.6 Å². The molecule has 1 amide bonds. The van der Waals surface area contributed by atoms with E-state index >= 15 is 0 Å². The van der Waals surface area contributed by atoms with E-state index in [2.05, 4.69) is 21.2 Å². The maximum absolute atomic E-state index is 11.9. The minimum Gasteiger partial charge on any atom is -0.326 e. The summed E-state index contributed by atoms with van der Waals surface area (Å²) < 4.78 is 0.989. The molecule has 0 fully saturated rings. The Morgan fingerprint density at radius 1 is 1.20 bits per heavy atom. The zero-order valence-corrected chi connectivity index (χ0v) is 13.2. The van der Waals surface area contributed by atoms with E-state index in [1.807, 2.05) is 48.5 Å². The first-order valence-electron chi connectivity index (χ1n) is 6.14. The minimum atomic E-state index is -0.0181. The van der Waals surface area contributed by atoms with Gasteiger partial charge >= 0.3 is 0 Å². The molecule has 0 aromatic heterocycles. The van der Waals surface area contributed by atoms with Crippen molar-refractivity contribution in [1.29, 1.82) is 0 Å². The molecule has 5 heteroatoms. The summed E-state index contributed by atoms with van der Waals surface area (Å²) in [5, 5.41) is 2.86. The average molecular weight is 351 g/mol. The fourth-order valence-corrected chi connectivity index (χ4v) is 2.69. The van der Waals surface area contributed by atoms with Gasteiger partial charge in [-0.3, -0.25) is 4.79 Å². The summed E-state index contributed by atoms with van der Waals surface area (Å²) in [5.74, 6) is 0.361. The highest BCUT2D eigenvalue weighted by Gasteiger charge is 2.04. The Kier molecular flexibility index (Phi) is 5.64. The fraction of sp³-hybridized carbons (Fsp3) is 0.133. The number of benzene rings is 2. The van der Waals surface area contributed by atoms with Crippen molar-refractivity contribution >= 4 is 39.3 Å². The number of amides is 1. The smallest absolute Gasteiger partial charge is 0.234 e. The third-order valence-electron chi connectivity index (χ3n) is 2.63. The number of nitrogens with one attached hydrogen (secondary N) is 1. The Morgan fingerprint density at radius 2 is 1.95 bits per heavy atom. The molecule has 0 bridgehead atoms. The standard InChI is InChI=1S/C15H15BrN2OS/c16-12-4-6-13(7-5-12)18-15(19)10-20-14-3-1-2-11(8-14)9-17/h1-8H,9-10,17H2,(H,18,19). The van der Waals surface area contributed by atoms with E-state index in [1.54, 1.807) is 0 Å². The van der Waals surface area contributed by atoms with Crippen molar-refractivity contribution in [2.45, 2.75) is 11.4 Å². The minimum absolute atomic E-state index is 0.0181. The van der Waals surface area contributed by atoms with Gasteiger partial charge in [0.25, 0.3) is 0 Å². The third kappa shape index (κ3) is 4.67. The molecule has 0 saturated heterocycles. The summed E-state index contributed by atoms with van der Waals surface area (Å²) in [4.78, 5) is 12.9. The maximum Gasteiger partial charge on any atom is 0.234 e. The van der Waals surface area contributed by atoms with Gasteiger partial charge in [0.05, 0.1) is 5.75 Å². The monoisotopic (exact) mass is 350 g/mol. The highest BCUT2D eigenvalue weighted by atomic mass is 79.9. The van der Waals surface area contributed by atoms with E-state index in [1.165, 1.54) is 11.8 Å². The molecule has 0 heterocycles. The first kappa shape index (κ1) is 15.1. The number of carbonyl (C=O) groups excluding carboxylic acids is 1. The average Bonchev–Trinajstić information content (AvgIpc) is 2.48. The van der Waals surface area contributed by atoms with E-state index in [-0.39, 0.29) is 5.91 Å². The zero-order chi connectivity index (χ0) is 14.4. The van der Waals surface area contributed by atoms with Crippen molar-refractivity contribution < 1.29 is 4.79 Å². The molecule has 3 nitrogen and oxygen atoms in total. The quantitative estimate of drug-likeness (QED) is 0.809. The molecule has 0 spiro atoms. The largest absolute Gasteiger partial charge is 0.326 e. The maximum atomic E-state index is 11.9. The first-order valence-corrected chi connectivity index (χ1v) is 7.92. The van der Waals surface area contributed by atoms with Crippen LogP contribution in [0.25, 0.3) is 0 Å². The Balaban J connectivity index is 1.87. The Morgan fingerprint density at radius 3 is 2.65 bits per heavy atom. The van der Waals surface area contributed by atoms with Gasteiger partial charge in [0.1, 0.15) is 0 Å². The predicted octanol–water partition coefficient (Wildman–Crippen LogP) is 3.64. The van der Waals surface area contributed by atoms with Crippen molar-refractivity contribution in [2.24, 2.45) is 5.73 Å². The molecule has 3 N–H and O–H groups in total. The summed E-state index contributed by atoms with van der Waals surface area (Å²) in [5.41, 5.74) is 7.47. The van der Waals surface area contributed by atoms with Crippen LogP contribution in [0.5, 0.6) is 0 Å². The van der Waals surface area contributed by atoms with Gasteiger partial charge in [-0.1, -0.05) is 28.1 Å². The van der Waals surface area contributed by atoms with Gasteiger partial charge in [-0.25, -0.2) is 0 Å². The number of rotatable bonds is 5. The summed E-state index contributed by atoms with van der Waals surface area (Å²) in [6.45, 7) is 0.513. The first-order chi connectivity index (χ1) is 9.67. The third-order valence-corrected chi connectivity index (χ3v) is 4.15. The zero-order valence-electron chi connectivity index (χ0n) is 10.8. The second-order valence-electron chi connectivity index (χ2n) is 4.20. The van der Waals surface area contributed by atoms with Gasteiger partial charge in [0.15, 0.2) is 0 Å². The molecule has 0 aliphatic heterocycles. The molecule has 0 atom stereocenters. The molecule has 2 aromatic carbocycles. The molecule has 2 aromatic rings. The highest BCUT2D eigenvalue weighted by molar-refractivity contribution is 9.10. The Hall–Kier alpha value is -1.30. The van der Waals surface area contributed by atoms with Crippen LogP contribution in [0.15, 0.2) is 57.9 Å². The van der Waals surface area contributed by atoms with Crippen LogP contribution in [0.2, 0.25) is 0 Å². The van der Waals surface area contributed by atoms with Crippen LogP contribution in [-0.2, 0) is 11.3 Å². The van der Waals surface area contributed by atoms with Crippen LogP contribution in [0.4, 0.5) is 5.69 Å². The van der Waals surface area contributed by atoms with Crippen LogP contribution < -0.4 is 11.1 Å². The van der Waals surface area contributed by atoms with Crippen LogP contribution >= 0.6 is 27.7 Å². The highest BCUT2D eigenvalue weighted by Crippen LogP contribution is 2.20. The van der Waals surface area contributed by atoms with Gasteiger partial charge in [-0.05, 0) is 42.0 Å². The second kappa shape index (κ2) is 7.47. The van der Waals surface area contributed by atoms with Crippen molar-refractivity contribution in [1.82, 2.24) is 0 Å². The van der Waals surface area contributed by atoms with Crippen LogP contribution in [0.3, 0.4) is 0 Å². The van der Waals surface area contributed by atoms with Crippen molar-refractivity contribution in [2.75, 3.05) is 11.1 Å². The molecule has 0 aliphatic carbocycles. The molecule has 0 unspecified atom stereocenters. The van der Waals surface area contributed by atoms with E-state index in [0.29, 0.717) is 12.3 Å². The molecule has 0 aliphatic rings. The van der Waals surface area contributed by atoms with Crippen LogP contribution in [0, 0.1) is 0 Å². The number of thioether (sulfide) groups is 1. The lowest BCUT2D eigenvalue weighted by Gasteiger charge is -2.06. The lowest BCUT2D eigenvalue weighted by Crippen LogP contribution is -2.13. The van der Waals surface area contributed by atoms with Crippen molar-refractivity contribution in [3.63, 3.8) is 0 Å². The van der Waals surface area contributed by atoms with Crippen LogP contribution in [-0.4, -0.2) is 11.7 Å². The molecular weight excluding hydrogens is 336 g/mol. The molecule has 20 heavy (non-hydrogen) atoms. The van der Waals surface area contributed by atoms with E-state index in [0.717, 1.165) is 20.6 Å². The van der Waals surface area contributed by atoms with Crippen LogP contribution in [0.1, 0.15) is 5.56 Å². The van der Waals surface area contributed by atoms with Gasteiger partial charge in [-0.15, -0.1) is 11.8 Å². The number of halogens is 1. The SMILES string of the molecule is NCc1cccc(SCC(=O)Nc2ccc(Br)cc2)c1. The van der Waals surface area contributed by atoms with Crippen molar-refractivity contribution in [3.8, 4) is 0 Å². The van der Waals surface area contributed by atoms with Crippen molar-refractivity contribution in [3.05, 3.63) is 58.6 Å². The summed E-state index contributed by atoms with van der Waals surface area (Å²) in [6.07, 6.45) is 0.